The molecule has 8 nitrogen and oxygen atoms in total. The first kappa shape index (κ1) is 22.4. The van der Waals surface area contributed by atoms with Crippen LogP contribution in [0.2, 0.25) is 0 Å². The average Bonchev–Trinajstić information content (AvgIpc) is 2.71. The highest BCUT2D eigenvalue weighted by atomic mass is 32.2. The number of ketones is 1. The normalized spacial score (nSPS) is 11.0. The predicted octanol–water partition coefficient (Wildman–Crippen LogP) is 2.03. The zero-order valence-corrected chi connectivity index (χ0v) is 17.5. The Kier molecular flexibility index (Phi) is 7.35. The maximum absolute atomic E-state index is 12.5. The Morgan fingerprint density at radius 1 is 1.00 bits per heavy atom. The van der Waals surface area contributed by atoms with Gasteiger partial charge in [0.05, 0.1) is 14.2 Å². The number of nitrogens with one attached hydrogen (secondary N) is 1. The van der Waals surface area contributed by atoms with Crippen LogP contribution in [-0.2, 0) is 19.6 Å². The highest BCUT2D eigenvalue weighted by Crippen LogP contribution is 2.27. The van der Waals surface area contributed by atoms with Crippen LogP contribution in [0.25, 0.3) is 0 Å². The Balaban J connectivity index is 2.00. The van der Waals surface area contributed by atoms with Crippen molar-refractivity contribution in [3.05, 3.63) is 53.1 Å². The minimum absolute atomic E-state index is 0.0942. The molecular formula is C20H23NO7S. The molecule has 0 amide bonds. The molecule has 0 saturated heterocycles. The lowest BCUT2D eigenvalue weighted by Crippen LogP contribution is -2.32. The number of rotatable bonds is 9. The highest BCUT2D eigenvalue weighted by Gasteiger charge is 2.22. The van der Waals surface area contributed by atoms with Gasteiger partial charge >= 0.3 is 5.97 Å². The van der Waals surface area contributed by atoms with Crippen molar-refractivity contribution >= 4 is 21.8 Å². The summed E-state index contributed by atoms with van der Waals surface area (Å²) in [6.07, 6.45) is 0. The lowest BCUT2D eigenvalue weighted by Gasteiger charge is -2.12. The Hall–Kier alpha value is -2.91. The van der Waals surface area contributed by atoms with Crippen molar-refractivity contribution in [3.8, 4) is 11.5 Å². The van der Waals surface area contributed by atoms with Gasteiger partial charge < -0.3 is 14.2 Å². The molecule has 0 aromatic heterocycles. The molecule has 0 atom stereocenters. The number of methoxy groups -OCH3 is 2. The van der Waals surface area contributed by atoms with Crippen LogP contribution < -0.4 is 14.2 Å². The minimum Gasteiger partial charge on any atom is -0.497 e. The molecule has 2 aromatic rings. The van der Waals surface area contributed by atoms with Gasteiger partial charge in [0.2, 0.25) is 15.8 Å². The zero-order chi connectivity index (χ0) is 21.6. The summed E-state index contributed by atoms with van der Waals surface area (Å²) in [5, 5.41) is 0. The van der Waals surface area contributed by atoms with E-state index in [1.54, 1.807) is 25.1 Å². The van der Waals surface area contributed by atoms with Gasteiger partial charge in [0.15, 0.2) is 6.61 Å². The SMILES string of the molecule is COc1ccc(OC)c(S(=O)(=O)NCC(=O)OCC(=O)c2cc(C)ccc2C)c1. The summed E-state index contributed by atoms with van der Waals surface area (Å²) >= 11 is 0. The first-order valence-electron chi connectivity index (χ1n) is 8.65. The third-order valence-corrected chi connectivity index (χ3v) is 5.55. The predicted molar refractivity (Wildman–Crippen MR) is 106 cm³/mol. The molecule has 156 valence electrons. The standard InChI is InChI=1S/C20H23NO7S/c1-13-5-6-14(2)16(9-13)17(22)12-28-20(23)11-21-29(24,25)19-10-15(26-3)7-8-18(19)27-4/h5-10,21H,11-12H2,1-4H3. The molecule has 0 aliphatic rings. The van der Waals surface area contributed by atoms with Crippen LogP contribution in [0.5, 0.6) is 11.5 Å². The van der Waals surface area contributed by atoms with E-state index in [1.807, 2.05) is 13.0 Å². The van der Waals surface area contributed by atoms with Crippen molar-refractivity contribution in [1.82, 2.24) is 4.72 Å². The van der Waals surface area contributed by atoms with Gasteiger partial charge in [-0.1, -0.05) is 17.7 Å². The number of sulfonamides is 1. The Bertz CT molecular complexity index is 1020. The van der Waals surface area contributed by atoms with Crippen LogP contribution in [0.4, 0.5) is 0 Å². The molecule has 0 radical (unpaired) electrons. The Labute approximate surface area is 169 Å². The van der Waals surface area contributed by atoms with Gasteiger partial charge in [0.1, 0.15) is 22.9 Å². The fraction of sp³-hybridized carbons (Fsp3) is 0.300. The zero-order valence-electron chi connectivity index (χ0n) is 16.6. The summed E-state index contributed by atoms with van der Waals surface area (Å²) in [6, 6.07) is 9.65. The molecular weight excluding hydrogens is 398 g/mol. The number of aryl methyl sites for hydroxylation is 2. The smallest absolute Gasteiger partial charge is 0.321 e. The molecule has 0 fully saturated rings. The third kappa shape index (κ3) is 5.78. The molecule has 0 saturated carbocycles. The Morgan fingerprint density at radius 2 is 1.72 bits per heavy atom. The van der Waals surface area contributed by atoms with E-state index in [-0.39, 0.29) is 16.4 Å². The van der Waals surface area contributed by atoms with Gasteiger partial charge in [-0.3, -0.25) is 9.59 Å². The van der Waals surface area contributed by atoms with Crippen LogP contribution in [0.15, 0.2) is 41.3 Å². The summed E-state index contributed by atoms with van der Waals surface area (Å²) in [4.78, 5) is 24.0. The fourth-order valence-corrected chi connectivity index (χ4v) is 3.69. The van der Waals surface area contributed by atoms with Crippen molar-refractivity contribution in [1.29, 1.82) is 0 Å². The van der Waals surface area contributed by atoms with Gasteiger partial charge in [-0.25, -0.2) is 8.42 Å². The average molecular weight is 421 g/mol. The quantitative estimate of drug-likeness (QED) is 0.487. The van der Waals surface area contributed by atoms with Gasteiger partial charge in [0.25, 0.3) is 0 Å². The van der Waals surface area contributed by atoms with E-state index in [9.17, 15) is 18.0 Å². The van der Waals surface area contributed by atoms with Crippen molar-refractivity contribution in [2.75, 3.05) is 27.4 Å². The van der Waals surface area contributed by atoms with Crippen molar-refractivity contribution < 1.29 is 32.2 Å². The second kappa shape index (κ2) is 9.53. The number of carbonyl (C=O) groups is 2. The summed E-state index contributed by atoms with van der Waals surface area (Å²) in [7, 11) is -1.35. The van der Waals surface area contributed by atoms with Gasteiger partial charge in [-0.2, -0.15) is 4.72 Å². The summed E-state index contributed by atoms with van der Waals surface area (Å²) in [5.74, 6) is -0.837. The molecule has 0 unspecified atom stereocenters. The molecule has 0 aliphatic carbocycles. The van der Waals surface area contributed by atoms with Crippen molar-refractivity contribution in [2.24, 2.45) is 0 Å². The number of esters is 1. The van der Waals surface area contributed by atoms with E-state index in [1.165, 1.54) is 26.4 Å². The molecule has 29 heavy (non-hydrogen) atoms. The second-order valence-electron chi connectivity index (χ2n) is 6.24. The number of ether oxygens (including phenoxy) is 3. The fourth-order valence-electron chi connectivity index (χ4n) is 2.54. The van der Waals surface area contributed by atoms with Gasteiger partial charge in [-0.05, 0) is 37.6 Å². The summed E-state index contributed by atoms with van der Waals surface area (Å²) in [5.41, 5.74) is 2.13. The first-order valence-corrected chi connectivity index (χ1v) is 10.1. The van der Waals surface area contributed by atoms with E-state index in [0.717, 1.165) is 11.1 Å². The van der Waals surface area contributed by atoms with E-state index in [2.05, 4.69) is 4.72 Å². The van der Waals surface area contributed by atoms with Crippen LogP contribution in [-0.4, -0.2) is 47.5 Å². The maximum Gasteiger partial charge on any atom is 0.321 e. The van der Waals surface area contributed by atoms with E-state index in [4.69, 9.17) is 14.2 Å². The second-order valence-corrected chi connectivity index (χ2v) is 7.98. The molecule has 9 heteroatoms. The number of hydrogen-bond donors (Lipinski definition) is 1. The van der Waals surface area contributed by atoms with Crippen molar-refractivity contribution in [2.45, 2.75) is 18.7 Å². The lowest BCUT2D eigenvalue weighted by atomic mass is 10.0. The summed E-state index contributed by atoms with van der Waals surface area (Å²) < 4.78 is 42.1. The first-order chi connectivity index (χ1) is 13.7. The number of benzene rings is 2. The molecule has 0 bridgehead atoms. The van der Waals surface area contributed by atoms with Crippen molar-refractivity contribution in [3.63, 3.8) is 0 Å². The van der Waals surface area contributed by atoms with Crippen LogP contribution in [0, 0.1) is 13.8 Å². The number of Topliss-reactive ketones (excluding diaryl/α,β-unsaturated/α-hetero) is 1. The van der Waals surface area contributed by atoms with E-state index < -0.39 is 29.1 Å². The van der Waals surface area contributed by atoms with Crippen LogP contribution in [0.3, 0.4) is 0 Å². The third-order valence-electron chi connectivity index (χ3n) is 4.12. The van der Waals surface area contributed by atoms with E-state index in [0.29, 0.717) is 11.3 Å². The Morgan fingerprint density at radius 3 is 2.38 bits per heavy atom. The van der Waals surface area contributed by atoms with E-state index >= 15 is 0 Å². The molecule has 0 aliphatic heterocycles. The van der Waals surface area contributed by atoms with Gasteiger partial charge in [-0.15, -0.1) is 0 Å². The molecule has 1 N–H and O–H groups in total. The summed E-state index contributed by atoms with van der Waals surface area (Å²) in [6.45, 7) is 2.52. The molecule has 2 rings (SSSR count). The minimum atomic E-state index is -4.07. The van der Waals surface area contributed by atoms with Crippen LogP contribution in [0.1, 0.15) is 21.5 Å². The largest absolute Gasteiger partial charge is 0.497 e. The number of hydrogen-bond acceptors (Lipinski definition) is 7. The molecule has 2 aromatic carbocycles. The molecule has 0 heterocycles. The number of carbonyl (C=O) groups excluding carboxylic acids is 2. The monoisotopic (exact) mass is 421 g/mol. The highest BCUT2D eigenvalue weighted by molar-refractivity contribution is 7.89. The van der Waals surface area contributed by atoms with Gasteiger partial charge in [0, 0.05) is 11.6 Å². The molecule has 0 spiro atoms. The maximum atomic E-state index is 12.5. The lowest BCUT2D eigenvalue weighted by molar-refractivity contribution is -0.141. The van der Waals surface area contributed by atoms with Crippen LogP contribution >= 0.6 is 0 Å². The topological polar surface area (TPSA) is 108 Å².